The number of benzene rings is 1. The van der Waals surface area contributed by atoms with Crippen LogP contribution in [0.15, 0.2) is 16.8 Å². The number of hydrogen-bond donors (Lipinski definition) is 0. The van der Waals surface area contributed by atoms with Gasteiger partial charge in [-0.1, -0.05) is 0 Å². The number of ether oxygens (including phenoxy) is 1. The summed E-state index contributed by atoms with van der Waals surface area (Å²) in [7, 11) is 0. The fraction of sp³-hybridized carbons (Fsp3) is 0.400. The molecule has 0 radical (unpaired) electrons. The summed E-state index contributed by atoms with van der Waals surface area (Å²) >= 11 is 0. The molecule has 1 aliphatic heterocycles. The van der Waals surface area contributed by atoms with E-state index in [0.717, 1.165) is 18.8 Å². The van der Waals surface area contributed by atoms with Crippen LogP contribution in [0.25, 0.3) is 11.0 Å². The predicted molar refractivity (Wildman–Crippen MR) is 61.5 cm³/mol. The average molecular weight is 250 g/mol. The molecular weight excluding hydrogens is 240 g/mol. The summed E-state index contributed by atoms with van der Waals surface area (Å²) in [5, 5.41) is 18.2. The maximum Gasteiger partial charge on any atom is 0.300 e. The summed E-state index contributed by atoms with van der Waals surface area (Å²) < 4.78 is 9.89. The van der Waals surface area contributed by atoms with Crippen molar-refractivity contribution in [2.45, 2.75) is 0 Å². The zero-order valence-electron chi connectivity index (χ0n) is 9.40. The maximum atomic E-state index is 10.9. The fourth-order valence-electron chi connectivity index (χ4n) is 2.05. The van der Waals surface area contributed by atoms with Crippen LogP contribution in [0.3, 0.4) is 0 Å². The first-order valence-electron chi connectivity index (χ1n) is 5.50. The number of morpholine rings is 1. The zero-order chi connectivity index (χ0) is 12.5. The van der Waals surface area contributed by atoms with E-state index in [0.29, 0.717) is 18.7 Å². The van der Waals surface area contributed by atoms with Crippen molar-refractivity contribution in [3.05, 3.63) is 22.2 Å². The molecule has 2 heterocycles. The second-order valence-electron chi connectivity index (χ2n) is 3.92. The lowest BCUT2D eigenvalue weighted by atomic mass is 10.2. The van der Waals surface area contributed by atoms with Gasteiger partial charge in [-0.25, -0.2) is 4.63 Å². The van der Waals surface area contributed by atoms with E-state index in [1.54, 1.807) is 6.07 Å². The Morgan fingerprint density at radius 1 is 1.22 bits per heavy atom. The molecule has 1 aliphatic rings. The molecule has 1 saturated heterocycles. The van der Waals surface area contributed by atoms with Gasteiger partial charge in [0.05, 0.1) is 23.8 Å². The third kappa shape index (κ3) is 1.66. The number of aromatic nitrogens is 2. The van der Waals surface area contributed by atoms with E-state index in [-0.39, 0.29) is 11.2 Å². The van der Waals surface area contributed by atoms with Crippen molar-refractivity contribution in [2.75, 3.05) is 31.2 Å². The highest BCUT2D eigenvalue weighted by atomic mass is 16.6. The van der Waals surface area contributed by atoms with Gasteiger partial charge in [-0.2, -0.15) is 0 Å². The maximum absolute atomic E-state index is 10.9. The number of nitro groups is 1. The van der Waals surface area contributed by atoms with Gasteiger partial charge in [-0.3, -0.25) is 10.1 Å². The van der Waals surface area contributed by atoms with Crippen molar-refractivity contribution < 1.29 is 14.3 Å². The van der Waals surface area contributed by atoms with Crippen LogP contribution in [-0.4, -0.2) is 41.5 Å². The smallest absolute Gasteiger partial charge is 0.300 e. The Balaban J connectivity index is 2.10. The monoisotopic (exact) mass is 250 g/mol. The molecule has 0 saturated carbocycles. The Bertz CT molecular complexity index is 591. The summed E-state index contributed by atoms with van der Waals surface area (Å²) in [6.45, 7) is 2.70. The third-order valence-corrected chi connectivity index (χ3v) is 2.92. The Labute approximate surface area is 101 Å². The van der Waals surface area contributed by atoms with Crippen LogP contribution in [0, 0.1) is 10.1 Å². The third-order valence-electron chi connectivity index (χ3n) is 2.92. The first-order chi connectivity index (χ1) is 8.77. The molecule has 0 spiro atoms. The quantitative estimate of drug-likeness (QED) is 0.578. The van der Waals surface area contributed by atoms with Crippen molar-refractivity contribution in [1.82, 2.24) is 10.3 Å². The number of hydrogen-bond acceptors (Lipinski definition) is 7. The molecule has 2 aromatic rings. The molecule has 8 nitrogen and oxygen atoms in total. The second kappa shape index (κ2) is 4.22. The number of non-ortho nitro benzene ring substituents is 1. The summed E-state index contributed by atoms with van der Waals surface area (Å²) in [5.41, 5.74) is 1.30. The fourth-order valence-corrected chi connectivity index (χ4v) is 2.05. The lowest BCUT2D eigenvalue weighted by Gasteiger charge is -2.28. The average Bonchev–Trinajstić information content (AvgIpc) is 2.87. The van der Waals surface area contributed by atoms with Crippen LogP contribution in [0.2, 0.25) is 0 Å². The lowest BCUT2D eigenvalue weighted by Crippen LogP contribution is -2.36. The van der Waals surface area contributed by atoms with Gasteiger partial charge in [0, 0.05) is 19.2 Å². The molecule has 0 amide bonds. The van der Waals surface area contributed by atoms with Gasteiger partial charge in [0.15, 0.2) is 5.52 Å². The molecule has 18 heavy (non-hydrogen) atoms. The SMILES string of the molecule is O=[N+]([O-])c1ccc(N2CCOCC2)c2nonc12. The molecule has 3 rings (SSSR count). The van der Waals surface area contributed by atoms with Crippen LogP contribution in [0.5, 0.6) is 0 Å². The number of nitrogens with zero attached hydrogens (tertiary/aromatic N) is 4. The second-order valence-corrected chi connectivity index (χ2v) is 3.92. The molecule has 1 fully saturated rings. The molecule has 0 aliphatic carbocycles. The van der Waals surface area contributed by atoms with Gasteiger partial charge in [0.1, 0.15) is 0 Å². The molecule has 0 unspecified atom stereocenters. The van der Waals surface area contributed by atoms with E-state index < -0.39 is 4.92 Å². The first-order valence-corrected chi connectivity index (χ1v) is 5.50. The largest absolute Gasteiger partial charge is 0.378 e. The van der Waals surface area contributed by atoms with Crippen LogP contribution in [0.4, 0.5) is 11.4 Å². The number of nitro benzene ring substituents is 1. The Hall–Kier alpha value is -2.22. The minimum Gasteiger partial charge on any atom is -0.378 e. The van der Waals surface area contributed by atoms with Gasteiger partial charge in [-0.05, 0) is 16.4 Å². The number of rotatable bonds is 2. The predicted octanol–water partition coefficient (Wildman–Crippen LogP) is 0.968. The van der Waals surface area contributed by atoms with Crippen LogP contribution in [0.1, 0.15) is 0 Å². The van der Waals surface area contributed by atoms with Crippen molar-refractivity contribution in [1.29, 1.82) is 0 Å². The minimum atomic E-state index is -0.490. The molecule has 0 bridgehead atoms. The minimum absolute atomic E-state index is 0.0942. The van der Waals surface area contributed by atoms with Crippen LogP contribution >= 0.6 is 0 Å². The molecule has 94 valence electrons. The standard InChI is InChI=1S/C10H10N4O4/c15-14(16)8-2-1-7(9-10(8)12-18-11-9)13-3-5-17-6-4-13/h1-2H,3-6H2. The van der Waals surface area contributed by atoms with Crippen molar-refractivity contribution in [3.63, 3.8) is 0 Å². The van der Waals surface area contributed by atoms with E-state index in [2.05, 4.69) is 19.8 Å². The Kier molecular flexibility index (Phi) is 2.56. The number of anilines is 1. The zero-order valence-corrected chi connectivity index (χ0v) is 9.40. The van der Waals surface area contributed by atoms with Gasteiger partial charge in [-0.15, -0.1) is 0 Å². The highest BCUT2D eigenvalue weighted by molar-refractivity contribution is 5.93. The van der Waals surface area contributed by atoms with Gasteiger partial charge in [0.2, 0.25) is 5.52 Å². The summed E-state index contributed by atoms with van der Waals surface area (Å²) in [5.74, 6) is 0. The van der Waals surface area contributed by atoms with Gasteiger partial charge >= 0.3 is 5.69 Å². The van der Waals surface area contributed by atoms with Crippen LogP contribution in [-0.2, 0) is 4.74 Å². The van der Waals surface area contributed by atoms with Crippen LogP contribution < -0.4 is 4.90 Å². The summed E-state index contributed by atoms with van der Waals surface area (Å²) in [6, 6.07) is 3.10. The first kappa shape index (κ1) is 10.9. The van der Waals surface area contributed by atoms with E-state index in [4.69, 9.17) is 4.74 Å². The highest BCUT2D eigenvalue weighted by Gasteiger charge is 2.23. The Morgan fingerprint density at radius 2 is 1.94 bits per heavy atom. The normalized spacial score (nSPS) is 16.1. The Morgan fingerprint density at radius 3 is 2.67 bits per heavy atom. The van der Waals surface area contributed by atoms with Crippen molar-refractivity contribution in [2.24, 2.45) is 0 Å². The molecule has 0 atom stereocenters. The molecule has 0 N–H and O–H groups in total. The van der Waals surface area contributed by atoms with Crippen molar-refractivity contribution in [3.8, 4) is 0 Å². The molecule has 1 aromatic carbocycles. The van der Waals surface area contributed by atoms with E-state index >= 15 is 0 Å². The highest BCUT2D eigenvalue weighted by Crippen LogP contribution is 2.31. The molecule has 8 heteroatoms. The van der Waals surface area contributed by atoms with E-state index in [9.17, 15) is 10.1 Å². The number of fused-ring (bicyclic) bond motifs is 1. The summed E-state index contributed by atoms with van der Waals surface area (Å²) in [4.78, 5) is 12.4. The van der Waals surface area contributed by atoms with E-state index in [1.807, 2.05) is 0 Å². The van der Waals surface area contributed by atoms with Gasteiger partial charge < -0.3 is 9.64 Å². The summed E-state index contributed by atoms with van der Waals surface area (Å²) in [6.07, 6.45) is 0. The lowest BCUT2D eigenvalue weighted by molar-refractivity contribution is -0.383. The van der Waals surface area contributed by atoms with Crippen molar-refractivity contribution >= 4 is 22.4 Å². The van der Waals surface area contributed by atoms with E-state index in [1.165, 1.54) is 6.07 Å². The molecule has 1 aromatic heterocycles. The topological polar surface area (TPSA) is 94.5 Å². The molecular formula is C10H10N4O4. The van der Waals surface area contributed by atoms with Gasteiger partial charge in [0.25, 0.3) is 0 Å².